The lowest BCUT2D eigenvalue weighted by atomic mass is 10.0. The lowest BCUT2D eigenvalue weighted by molar-refractivity contribution is 0.0593. The zero-order valence-electron chi connectivity index (χ0n) is 12.3. The van der Waals surface area contributed by atoms with Gasteiger partial charge in [0.05, 0.1) is 18.8 Å². The number of hydrogen-bond donors (Lipinski definition) is 1. The van der Waals surface area contributed by atoms with Crippen molar-refractivity contribution in [2.24, 2.45) is 0 Å². The highest BCUT2D eigenvalue weighted by Gasteiger charge is 2.19. The number of ether oxygens (including phenoxy) is 1. The summed E-state index contributed by atoms with van der Waals surface area (Å²) >= 11 is 0. The minimum Gasteiger partial charge on any atom is -0.464 e. The second-order valence-corrected chi connectivity index (χ2v) is 5.14. The van der Waals surface area contributed by atoms with Gasteiger partial charge in [-0.15, -0.1) is 0 Å². The van der Waals surface area contributed by atoms with Gasteiger partial charge in [0, 0.05) is 16.3 Å². The summed E-state index contributed by atoms with van der Waals surface area (Å²) in [6.45, 7) is 2.14. The van der Waals surface area contributed by atoms with Crippen molar-refractivity contribution < 1.29 is 9.53 Å². The Bertz CT molecular complexity index is 805. The van der Waals surface area contributed by atoms with Crippen LogP contribution in [-0.4, -0.2) is 23.0 Å². The average Bonchev–Trinajstić information content (AvgIpc) is 2.90. The molecule has 3 rings (SSSR count). The van der Waals surface area contributed by atoms with Crippen molar-refractivity contribution in [3.63, 3.8) is 0 Å². The van der Waals surface area contributed by atoms with E-state index in [1.807, 2.05) is 18.2 Å². The monoisotopic (exact) mass is 282 g/mol. The standard InChI is InChI=1S/C17H18N2O2/c1-3-4-7-12-15-11-8-5-6-9-13(11)19-14(15)10-18-16(12)17(20)21-2/h5-6,8-10,19H,3-4,7H2,1-2H3. The number of aromatic nitrogens is 2. The molecule has 108 valence electrons. The average molecular weight is 282 g/mol. The van der Waals surface area contributed by atoms with E-state index >= 15 is 0 Å². The molecule has 0 aliphatic rings. The molecule has 21 heavy (non-hydrogen) atoms. The molecule has 0 amide bonds. The van der Waals surface area contributed by atoms with Gasteiger partial charge in [-0.25, -0.2) is 9.78 Å². The maximum atomic E-state index is 12.0. The molecule has 4 heteroatoms. The van der Waals surface area contributed by atoms with Crippen molar-refractivity contribution >= 4 is 27.8 Å². The number of methoxy groups -OCH3 is 1. The van der Waals surface area contributed by atoms with Crippen LogP contribution >= 0.6 is 0 Å². The number of pyridine rings is 1. The highest BCUT2D eigenvalue weighted by Crippen LogP contribution is 2.30. The van der Waals surface area contributed by atoms with Crippen LogP contribution < -0.4 is 0 Å². The van der Waals surface area contributed by atoms with Crippen molar-refractivity contribution in [1.29, 1.82) is 0 Å². The summed E-state index contributed by atoms with van der Waals surface area (Å²) < 4.78 is 4.88. The molecule has 2 aromatic heterocycles. The Morgan fingerprint density at radius 3 is 2.86 bits per heavy atom. The van der Waals surface area contributed by atoms with Gasteiger partial charge in [-0.1, -0.05) is 31.5 Å². The molecule has 0 saturated heterocycles. The quantitative estimate of drug-likeness (QED) is 0.739. The minimum atomic E-state index is -0.367. The number of carbonyl (C=O) groups is 1. The molecule has 3 aromatic rings. The summed E-state index contributed by atoms with van der Waals surface area (Å²) in [6, 6.07) is 8.12. The van der Waals surface area contributed by atoms with Crippen molar-refractivity contribution in [1.82, 2.24) is 9.97 Å². The summed E-state index contributed by atoms with van der Waals surface area (Å²) in [4.78, 5) is 19.7. The number of nitrogens with zero attached hydrogens (tertiary/aromatic N) is 1. The fourth-order valence-electron chi connectivity index (χ4n) is 2.78. The van der Waals surface area contributed by atoms with Gasteiger partial charge in [-0.05, 0) is 24.5 Å². The molecular weight excluding hydrogens is 264 g/mol. The largest absolute Gasteiger partial charge is 0.464 e. The molecule has 0 spiro atoms. The Hall–Kier alpha value is -2.36. The van der Waals surface area contributed by atoms with Gasteiger partial charge in [0.2, 0.25) is 0 Å². The number of H-pyrrole nitrogens is 1. The number of para-hydroxylation sites is 1. The van der Waals surface area contributed by atoms with Gasteiger partial charge in [0.1, 0.15) is 0 Å². The zero-order valence-corrected chi connectivity index (χ0v) is 12.3. The van der Waals surface area contributed by atoms with E-state index in [-0.39, 0.29) is 5.97 Å². The summed E-state index contributed by atoms with van der Waals surface area (Å²) in [7, 11) is 1.40. The number of aromatic amines is 1. The summed E-state index contributed by atoms with van der Waals surface area (Å²) in [6.07, 6.45) is 4.63. The van der Waals surface area contributed by atoms with Gasteiger partial charge in [0.25, 0.3) is 0 Å². The van der Waals surface area contributed by atoms with Gasteiger partial charge < -0.3 is 9.72 Å². The van der Waals surface area contributed by atoms with Crippen molar-refractivity contribution in [2.75, 3.05) is 7.11 Å². The van der Waals surface area contributed by atoms with E-state index in [1.54, 1.807) is 6.20 Å². The van der Waals surface area contributed by atoms with Gasteiger partial charge in [-0.3, -0.25) is 0 Å². The first kappa shape index (κ1) is 13.6. The molecule has 0 aliphatic heterocycles. The molecule has 1 aromatic carbocycles. The Kier molecular flexibility index (Phi) is 3.60. The third kappa shape index (κ3) is 2.27. The van der Waals surface area contributed by atoms with E-state index in [0.29, 0.717) is 5.69 Å². The number of nitrogens with one attached hydrogen (secondary N) is 1. The Morgan fingerprint density at radius 1 is 1.29 bits per heavy atom. The third-order valence-corrected chi connectivity index (χ3v) is 3.80. The van der Waals surface area contributed by atoms with E-state index in [9.17, 15) is 4.79 Å². The molecule has 0 saturated carbocycles. The van der Waals surface area contributed by atoms with Crippen LogP contribution in [0.15, 0.2) is 30.5 Å². The van der Waals surface area contributed by atoms with E-state index in [4.69, 9.17) is 4.74 Å². The highest BCUT2D eigenvalue weighted by atomic mass is 16.5. The molecule has 0 radical (unpaired) electrons. The lowest BCUT2D eigenvalue weighted by Crippen LogP contribution is -2.09. The molecule has 4 nitrogen and oxygen atoms in total. The number of fused-ring (bicyclic) bond motifs is 3. The van der Waals surface area contributed by atoms with E-state index < -0.39 is 0 Å². The number of benzene rings is 1. The smallest absolute Gasteiger partial charge is 0.356 e. The first-order valence-electron chi connectivity index (χ1n) is 7.22. The Balaban J connectivity index is 2.33. The summed E-state index contributed by atoms with van der Waals surface area (Å²) in [5.74, 6) is -0.367. The molecule has 1 N–H and O–H groups in total. The van der Waals surface area contributed by atoms with E-state index in [2.05, 4.69) is 23.0 Å². The van der Waals surface area contributed by atoms with Crippen LogP contribution in [0.5, 0.6) is 0 Å². The molecule has 0 fully saturated rings. The van der Waals surface area contributed by atoms with Crippen LogP contribution in [0.1, 0.15) is 35.8 Å². The number of esters is 1. The second-order valence-electron chi connectivity index (χ2n) is 5.14. The fourth-order valence-corrected chi connectivity index (χ4v) is 2.78. The number of aryl methyl sites for hydroxylation is 1. The molecule has 2 heterocycles. The molecular formula is C17H18N2O2. The summed E-state index contributed by atoms with van der Waals surface area (Å²) in [5.41, 5.74) is 3.45. The van der Waals surface area contributed by atoms with E-state index in [0.717, 1.165) is 46.6 Å². The van der Waals surface area contributed by atoms with Crippen molar-refractivity contribution in [3.05, 3.63) is 41.7 Å². The lowest BCUT2D eigenvalue weighted by Gasteiger charge is -2.08. The third-order valence-electron chi connectivity index (χ3n) is 3.80. The number of unbranched alkanes of at least 4 members (excludes halogenated alkanes) is 1. The Labute approximate surface area is 123 Å². The number of hydrogen-bond acceptors (Lipinski definition) is 3. The highest BCUT2D eigenvalue weighted by molar-refractivity contribution is 6.11. The van der Waals surface area contributed by atoms with Crippen molar-refractivity contribution in [2.45, 2.75) is 26.2 Å². The maximum Gasteiger partial charge on any atom is 0.356 e. The molecule has 0 unspecified atom stereocenters. The zero-order chi connectivity index (χ0) is 14.8. The predicted octanol–water partition coefficient (Wildman–Crippen LogP) is 3.85. The topological polar surface area (TPSA) is 55.0 Å². The normalized spacial score (nSPS) is 11.1. The predicted molar refractivity (Wildman–Crippen MR) is 83.6 cm³/mol. The molecule has 0 atom stereocenters. The first-order chi connectivity index (χ1) is 10.3. The van der Waals surface area contributed by atoms with Crippen molar-refractivity contribution in [3.8, 4) is 0 Å². The number of carbonyl (C=O) groups excluding carboxylic acids is 1. The van der Waals surface area contributed by atoms with Crippen LogP contribution in [0.2, 0.25) is 0 Å². The first-order valence-corrected chi connectivity index (χ1v) is 7.22. The second kappa shape index (κ2) is 5.56. The minimum absolute atomic E-state index is 0.367. The summed E-state index contributed by atoms with van der Waals surface area (Å²) in [5, 5.41) is 2.22. The Morgan fingerprint density at radius 2 is 2.10 bits per heavy atom. The van der Waals surface area contributed by atoms with Gasteiger partial charge in [0.15, 0.2) is 5.69 Å². The van der Waals surface area contributed by atoms with Crippen LogP contribution in [0.3, 0.4) is 0 Å². The fraction of sp³-hybridized carbons (Fsp3) is 0.294. The van der Waals surface area contributed by atoms with Gasteiger partial charge in [-0.2, -0.15) is 0 Å². The maximum absolute atomic E-state index is 12.0. The molecule has 0 aliphatic carbocycles. The van der Waals surface area contributed by atoms with Crippen LogP contribution in [0.25, 0.3) is 21.8 Å². The van der Waals surface area contributed by atoms with Gasteiger partial charge >= 0.3 is 5.97 Å². The van der Waals surface area contributed by atoms with Crippen LogP contribution in [0.4, 0.5) is 0 Å². The SMILES string of the molecule is CCCCc1c(C(=O)OC)ncc2[nH]c3ccccc3c12. The van der Waals surface area contributed by atoms with E-state index in [1.165, 1.54) is 7.11 Å². The number of rotatable bonds is 4. The molecule has 0 bridgehead atoms. The van der Waals surface area contributed by atoms with Crippen LogP contribution in [0, 0.1) is 0 Å². The van der Waals surface area contributed by atoms with Crippen LogP contribution in [-0.2, 0) is 11.2 Å².